The van der Waals surface area contributed by atoms with Gasteiger partial charge in [0.1, 0.15) is 4.70 Å². The van der Waals surface area contributed by atoms with Crippen LogP contribution in [0.4, 0.5) is 0 Å². The van der Waals surface area contributed by atoms with Crippen molar-refractivity contribution in [3.05, 3.63) is 58.0 Å². The van der Waals surface area contributed by atoms with Crippen LogP contribution in [0.1, 0.15) is 10.4 Å². The largest absolute Gasteiger partial charge is 0.350 e. The Hall–Kier alpha value is -2.12. The van der Waals surface area contributed by atoms with E-state index in [2.05, 4.69) is 10.3 Å². The summed E-state index contributed by atoms with van der Waals surface area (Å²) in [6.07, 6.45) is 3.47. The van der Waals surface area contributed by atoms with E-state index in [4.69, 9.17) is 0 Å². The highest BCUT2D eigenvalue weighted by Gasteiger charge is 2.10. The third-order valence-electron chi connectivity index (χ3n) is 3.43. The smallest absolute Gasteiger partial charge is 0.271 e. The van der Waals surface area contributed by atoms with E-state index in [-0.39, 0.29) is 11.5 Å². The minimum Gasteiger partial charge on any atom is -0.350 e. The maximum atomic E-state index is 12.3. The average Bonchev–Trinajstić information content (AvgIpc) is 3.06. The van der Waals surface area contributed by atoms with Gasteiger partial charge in [0.05, 0.1) is 17.4 Å². The topological polar surface area (TPSA) is 64.0 Å². The van der Waals surface area contributed by atoms with E-state index >= 15 is 0 Å². The number of benzene rings is 1. The summed E-state index contributed by atoms with van der Waals surface area (Å²) in [7, 11) is 0. The molecule has 0 aliphatic heterocycles. The van der Waals surface area contributed by atoms with Gasteiger partial charge in [0.25, 0.3) is 11.5 Å². The summed E-state index contributed by atoms with van der Waals surface area (Å²) >= 11 is 2.92. The number of hydrogen-bond donors (Lipinski definition) is 1. The summed E-state index contributed by atoms with van der Waals surface area (Å²) in [6, 6.07) is 9.29. The van der Waals surface area contributed by atoms with Gasteiger partial charge < -0.3 is 5.32 Å². The molecule has 5 nitrogen and oxygen atoms in total. The Balaban J connectivity index is 1.67. The van der Waals surface area contributed by atoms with Gasteiger partial charge in [-0.3, -0.25) is 14.2 Å². The Labute approximate surface area is 141 Å². The van der Waals surface area contributed by atoms with Crippen molar-refractivity contribution in [3.63, 3.8) is 0 Å². The molecule has 0 aliphatic rings. The minimum absolute atomic E-state index is 0.0660. The number of rotatable bonds is 5. The minimum atomic E-state index is -0.131. The second kappa shape index (κ2) is 6.97. The van der Waals surface area contributed by atoms with E-state index in [9.17, 15) is 9.59 Å². The molecule has 3 aromatic rings. The van der Waals surface area contributed by atoms with Gasteiger partial charge in [0, 0.05) is 18.0 Å². The Morgan fingerprint density at radius 1 is 1.35 bits per heavy atom. The summed E-state index contributed by atoms with van der Waals surface area (Å²) in [5.74, 6) is -0.131. The molecule has 0 atom stereocenters. The molecule has 0 saturated carbocycles. The predicted molar refractivity (Wildman–Crippen MR) is 94.4 cm³/mol. The van der Waals surface area contributed by atoms with Crippen molar-refractivity contribution < 1.29 is 4.79 Å². The standard InChI is InChI=1S/C16H15N3O2S2/c1-22-13-5-3-2-4-11(13)15(20)17-7-8-19-10-18-12-6-9-23-14(12)16(19)21/h2-6,9-10H,7-8H2,1H3,(H,17,20). The molecule has 0 aliphatic carbocycles. The van der Waals surface area contributed by atoms with Crippen molar-refractivity contribution >= 4 is 39.2 Å². The summed E-state index contributed by atoms with van der Waals surface area (Å²) in [5, 5.41) is 4.71. The maximum Gasteiger partial charge on any atom is 0.271 e. The third kappa shape index (κ3) is 3.30. The SMILES string of the molecule is CSc1ccccc1C(=O)NCCn1cnc2ccsc2c1=O. The van der Waals surface area contributed by atoms with E-state index in [1.165, 1.54) is 34.0 Å². The van der Waals surface area contributed by atoms with Gasteiger partial charge in [-0.05, 0) is 29.8 Å². The fourth-order valence-electron chi connectivity index (χ4n) is 2.26. The normalized spacial score (nSPS) is 10.8. The van der Waals surface area contributed by atoms with Gasteiger partial charge >= 0.3 is 0 Å². The lowest BCUT2D eigenvalue weighted by atomic mass is 10.2. The first-order chi connectivity index (χ1) is 11.2. The van der Waals surface area contributed by atoms with Crippen molar-refractivity contribution in [2.75, 3.05) is 12.8 Å². The molecule has 2 heterocycles. The van der Waals surface area contributed by atoms with Gasteiger partial charge in [-0.2, -0.15) is 0 Å². The molecule has 0 saturated heterocycles. The number of amides is 1. The fraction of sp³-hybridized carbons (Fsp3) is 0.188. The first-order valence-corrected chi connectivity index (χ1v) is 9.15. The van der Waals surface area contributed by atoms with Crippen molar-refractivity contribution in [1.82, 2.24) is 14.9 Å². The molecule has 0 bridgehead atoms. The molecule has 23 heavy (non-hydrogen) atoms. The van der Waals surface area contributed by atoms with E-state index < -0.39 is 0 Å². The van der Waals surface area contributed by atoms with Gasteiger partial charge in [-0.25, -0.2) is 4.98 Å². The van der Waals surface area contributed by atoms with Crippen molar-refractivity contribution in [2.45, 2.75) is 11.4 Å². The molecule has 0 radical (unpaired) electrons. The summed E-state index contributed by atoms with van der Waals surface area (Å²) in [5.41, 5.74) is 1.30. The number of nitrogens with one attached hydrogen (secondary N) is 1. The Kier molecular flexibility index (Phi) is 4.78. The second-order valence-corrected chi connectivity index (χ2v) is 6.60. The van der Waals surface area contributed by atoms with Crippen LogP contribution in [0.25, 0.3) is 10.2 Å². The zero-order chi connectivity index (χ0) is 16.2. The Morgan fingerprint density at radius 2 is 2.17 bits per heavy atom. The number of aromatic nitrogens is 2. The first kappa shape index (κ1) is 15.8. The number of fused-ring (bicyclic) bond motifs is 1. The highest BCUT2D eigenvalue weighted by Crippen LogP contribution is 2.19. The third-order valence-corrected chi connectivity index (χ3v) is 5.11. The van der Waals surface area contributed by atoms with E-state index in [1.807, 2.05) is 35.9 Å². The van der Waals surface area contributed by atoms with Gasteiger partial charge in [-0.1, -0.05) is 12.1 Å². The maximum absolute atomic E-state index is 12.3. The van der Waals surface area contributed by atoms with Crippen LogP contribution in [0.5, 0.6) is 0 Å². The quantitative estimate of drug-likeness (QED) is 0.722. The van der Waals surface area contributed by atoms with E-state index in [1.54, 1.807) is 6.07 Å². The highest BCUT2D eigenvalue weighted by atomic mass is 32.2. The summed E-state index contributed by atoms with van der Waals surface area (Å²) < 4.78 is 2.17. The lowest BCUT2D eigenvalue weighted by molar-refractivity contribution is 0.0949. The van der Waals surface area contributed by atoms with Crippen LogP contribution in [0.3, 0.4) is 0 Å². The monoisotopic (exact) mass is 345 g/mol. The molecule has 1 aromatic carbocycles. The Morgan fingerprint density at radius 3 is 3.00 bits per heavy atom. The molecule has 0 spiro atoms. The fourth-order valence-corrected chi connectivity index (χ4v) is 3.64. The molecule has 118 valence electrons. The van der Waals surface area contributed by atoms with E-state index in [0.29, 0.717) is 28.9 Å². The van der Waals surface area contributed by atoms with Gasteiger partial charge in [-0.15, -0.1) is 23.1 Å². The number of carbonyl (C=O) groups is 1. The van der Waals surface area contributed by atoms with Crippen molar-refractivity contribution in [2.24, 2.45) is 0 Å². The molecule has 2 aromatic heterocycles. The van der Waals surface area contributed by atoms with Gasteiger partial charge in [0.15, 0.2) is 0 Å². The number of hydrogen-bond acceptors (Lipinski definition) is 5. The van der Waals surface area contributed by atoms with Crippen LogP contribution < -0.4 is 10.9 Å². The molecule has 1 amide bonds. The highest BCUT2D eigenvalue weighted by molar-refractivity contribution is 7.98. The van der Waals surface area contributed by atoms with Crippen molar-refractivity contribution in [3.8, 4) is 0 Å². The van der Waals surface area contributed by atoms with Gasteiger partial charge in [0.2, 0.25) is 0 Å². The molecule has 1 N–H and O–H groups in total. The number of thioether (sulfide) groups is 1. The zero-order valence-electron chi connectivity index (χ0n) is 12.5. The summed E-state index contributed by atoms with van der Waals surface area (Å²) in [4.78, 5) is 29.7. The zero-order valence-corrected chi connectivity index (χ0v) is 14.1. The van der Waals surface area contributed by atoms with Crippen LogP contribution in [-0.2, 0) is 6.54 Å². The Bertz CT molecular complexity index is 901. The molecule has 3 rings (SSSR count). The van der Waals surface area contributed by atoms with E-state index in [0.717, 1.165) is 4.90 Å². The van der Waals surface area contributed by atoms with Crippen molar-refractivity contribution in [1.29, 1.82) is 0 Å². The average molecular weight is 345 g/mol. The second-order valence-electron chi connectivity index (χ2n) is 4.83. The molecule has 7 heteroatoms. The number of carbonyl (C=O) groups excluding carboxylic acids is 1. The molecular formula is C16H15N3O2S2. The first-order valence-electron chi connectivity index (χ1n) is 7.04. The molecular weight excluding hydrogens is 330 g/mol. The van der Waals surface area contributed by atoms with Crippen LogP contribution in [0.15, 0.2) is 51.7 Å². The lowest BCUT2D eigenvalue weighted by Crippen LogP contribution is -2.31. The number of nitrogens with zero attached hydrogens (tertiary/aromatic N) is 2. The predicted octanol–water partition coefficient (Wildman–Crippen LogP) is 2.61. The lowest BCUT2D eigenvalue weighted by Gasteiger charge is -2.09. The van der Waals surface area contributed by atoms with Crippen LogP contribution in [-0.4, -0.2) is 28.3 Å². The number of thiophene rings is 1. The summed E-state index contributed by atoms with van der Waals surface area (Å²) in [6.45, 7) is 0.771. The van der Waals surface area contributed by atoms with Crippen LogP contribution in [0, 0.1) is 0 Å². The van der Waals surface area contributed by atoms with Crippen LogP contribution in [0.2, 0.25) is 0 Å². The van der Waals surface area contributed by atoms with Crippen LogP contribution >= 0.6 is 23.1 Å². The molecule has 0 fully saturated rings. The molecule has 0 unspecified atom stereocenters.